The molecule has 2 aromatic rings. The molecule has 0 amide bonds. The van der Waals surface area contributed by atoms with Crippen molar-refractivity contribution in [2.75, 3.05) is 11.9 Å². The minimum Gasteiger partial charge on any atom is -0.486 e. The molecule has 1 aromatic heterocycles. The highest BCUT2D eigenvalue weighted by Crippen LogP contribution is 2.24. The number of hydrogen-bond acceptors (Lipinski definition) is 3. The van der Waals surface area contributed by atoms with Crippen LogP contribution in [0.5, 0.6) is 5.75 Å². The molecule has 0 aliphatic carbocycles. The lowest BCUT2D eigenvalue weighted by atomic mass is 10.3. The quantitative estimate of drug-likeness (QED) is 0.911. The first-order valence-electron chi connectivity index (χ1n) is 5.86. The summed E-state index contributed by atoms with van der Waals surface area (Å²) < 4.78 is 6.67. The van der Waals surface area contributed by atoms with Crippen molar-refractivity contribution in [3.63, 3.8) is 0 Å². The summed E-state index contributed by atoms with van der Waals surface area (Å²) in [6.45, 7) is 3.37. The van der Waals surface area contributed by atoms with E-state index in [0.717, 1.165) is 28.3 Å². The van der Waals surface area contributed by atoms with Gasteiger partial charge in [-0.3, -0.25) is 0 Å². The number of benzene rings is 1. The number of hydrogen-bond donors (Lipinski definition) is 1. The van der Waals surface area contributed by atoms with Crippen LogP contribution in [0.2, 0.25) is 0 Å². The van der Waals surface area contributed by atoms with E-state index >= 15 is 0 Å². The van der Waals surface area contributed by atoms with Crippen molar-refractivity contribution in [1.29, 1.82) is 0 Å². The van der Waals surface area contributed by atoms with E-state index in [-0.39, 0.29) is 0 Å². The molecule has 0 aliphatic heterocycles. The fourth-order valence-electron chi connectivity index (χ4n) is 1.55. The smallest absolute Gasteiger partial charge is 0.134 e. The van der Waals surface area contributed by atoms with Crippen LogP contribution in [-0.2, 0) is 6.61 Å². The van der Waals surface area contributed by atoms with Crippen LogP contribution in [0.15, 0.2) is 46.9 Å². The van der Waals surface area contributed by atoms with Gasteiger partial charge in [-0.2, -0.15) is 0 Å². The lowest BCUT2D eigenvalue weighted by Crippen LogP contribution is -2.03. The molecule has 0 atom stereocenters. The van der Waals surface area contributed by atoms with Gasteiger partial charge in [0.25, 0.3) is 0 Å². The standard InChI is InChI=1S/C14H15BrN2O/c1-2-16-14-9-5-6-11(17-14)10-18-13-8-4-3-7-12(13)15/h3-9H,2,10H2,1H3,(H,16,17). The summed E-state index contributed by atoms with van der Waals surface area (Å²) in [6.07, 6.45) is 0. The zero-order chi connectivity index (χ0) is 12.8. The molecule has 2 rings (SSSR count). The van der Waals surface area contributed by atoms with Crippen LogP contribution in [0.25, 0.3) is 0 Å². The Hall–Kier alpha value is -1.55. The van der Waals surface area contributed by atoms with Crippen molar-refractivity contribution >= 4 is 21.7 Å². The molecule has 0 radical (unpaired) electrons. The van der Waals surface area contributed by atoms with Crippen molar-refractivity contribution in [2.24, 2.45) is 0 Å². The number of pyridine rings is 1. The number of aromatic nitrogens is 1. The van der Waals surface area contributed by atoms with Gasteiger partial charge >= 0.3 is 0 Å². The summed E-state index contributed by atoms with van der Waals surface area (Å²) in [5.41, 5.74) is 0.907. The second-order valence-electron chi connectivity index (χ2n) is 3.76. The van der Waals surface area contributed by atoms with Gasteiger partial charge in [0.1, 0.15) is 18.2 Å². The molecule has 1 heterocycles. The number of rotatable bonds is 5. The highest BCUT2D eigenvalue weighted by atomic mass is 79.9. The summed E-state index contributed by atoms with van der Waals surface area (Å²) in [6, 6.07) is 13.7. The Labute approximate surface area is 115 Å². The van der Waals surface area contributed by atoms with Gasteiger partial charge in [-0.25, -0.2) is 4.98 Å². The van der Waals surface area contributed by atoms with E-state index in [1.807, 2.05) is 49.4 Å². The molecule has 3 nitrogen and oxygen atoms in total. The molecule has 0 bridgehead atoms. The number of ether oxygens (including phenoxy) is 1. The van der Waals surface area contributed by atoms with E-state index in [1.165, 1.54) is 0 Å². The summed E-state index contributed by atoms with van der Waals surface area (Å²) in [5, 5.41) is 3.18. The molecular formula is C14H15BrN2O. The van der Waals surface area contributed by atoms with Crippen molar-refractivity contribution in [1.82, 2.24) is 4.98 Å². The third kappa shape index (κ3) is 3.47. The van der Waals surface area contributed by atoms with E-state index in [2.05, 4.69) is 26.2 Å². The first kappa shape index (κ1) is 12.9. The minimum absolute atomic E-state index is 0.460. The predicted octanol–water partition coefficient (Wildman–Crippen LogP) is 3.85. The number of anilines is 1. The number of halogens is 1. The topological polar surface area (TPSA) is 34.1 Å². The van der Waals surface area contributed by atoms with Gasteiger partial charge in [0.05, 0.1) is 10.2 Å². The molecule has 0 spiro atoms. The number of para-hydroxylation sites is 1. The lowest BCUT2D eigenvalue weighted by molar-refractivity contribution is 0.299. The van der Waals surface area contributed by atoms with Gasteiger partial charge in [-0.05, 0) is 47.1 Å². The van der Waals surface area contributed by atoms with Crippen LogP contribution in [-0.4, -0.2) is 11.5 Å². The Balaban J connectivity index is 2.02. The molecule has 18 heavy (non-hydrogen) atoms. The molecule has 94 valence electrons. The highest BCUT2D eigenvalue weighted by Gasteiger charge is 2.01. The van der Waals surface area contributed by atoms with Crippen LogP contribution >= 0.6 is 15.9 Å². The van der Waals surface area contributed by atoms with E-state index in [1.54, 1.807) is 0 Å². The molecule has 0 unspecified atom stereocenters. The molecule has 0 saturated heterocycles. The minimum atomic E-state index is 0.460. The molecule has 0 fully saturated rings. The monoisotopic (exact) mass is 306 g/mol. The zero-order valence-corrected chi connectivity index (χ0v) is 11.8. The third-order valence-electron chi connectivity index (χ3n) is 2.38. The van der Waals surface area contributed by atoms with Crippen molar-refractivity contribution in [2.45, 2.75) is 13.5 Å². The largest absolute Gasteiger partial charge is 0.486 e. The SMILES string of the molecule is CCNc1cccc(COc2ccccc2Br)n1. The van der Waals surface area contributed by atoms with Gasteiger partial charge in [0.15, 0.2) is 0 Å². The third-order valence-corrected chi connectivity index (χ3v) is 3.03. The maximum absolute atomic E-state index is 5.72. The van der Waals surface area contributed by atoms with Crippen molar-refractivity contribution in [3.8, 4) is 5.75 Å². The normalized spacial score (nSPS) is 10.1. The lowest BCUT2D eigenvalue weighted by Gasteiger charge is -2.09. The second kappa shape index (κ2) is 6.40. The molecule has 0 aliphatic rings. The van der Waals surface area contributed by atoms with Gasteiger partial charge < -0.3 is 10.1 Å². The van der Waals surface area contributed by atoms with Crippen LogP contribution in [0.3, 0.4) is 0 Å². The van der Waals surface area contributed by atoms with Crippen LogP contribution in [0.1, 0.15) is 12.6 Å². The summed E-state index contributed by atoms with van der Waals surface area (Å²) in [5.74, 6) is 1.71. The molecular weight excluding hydrogens is 292 g/mol. The van der Waals surface area contributed by atoms with Gasteiger partial charge in [-0.15, -0.1) is 0 Å². The maximum Gasteiger partial charge on any atom is 0.134 e. The Bertz CT molecular complexity index is 517. The van der Waals surface area contributed by atoms with E-state index in [0.29, 0.717) is 6.61 Å². The van der Waals surface area contributed by atoms with Crippen molar-refractivity contribution < 1.29 is 4.74 Å². The Morgan fingerprint density at radius 2 is 2.00 bits per heavy atom. The van der Waals surface area contributed by atoms with E-state index in [9.17, 15) is 0 Å². The fourth-order valence-corrected chi connectivity index (χ4v) is 1.95. The van der Waals surface area contributed by atoms with Gasteiger partial charge in [-0.1, -0.05) is 18.2 Å². The summed E-state index contributed by atoms with van der Waals surface area (Å²) >= 11 is 3.45. The Kier molecular flexibility index (Phi) is 4.59. The zero-order valence-electron chi connectivity index (χ0n) is 10.2. The number of nitrogens with one attached hydrogen (secondary N) is 1. The second-order valence-corrected chi connectivity index (χ2v) is 4.62. The van der Waals surface area contributed by atoms with Crippen LogP contribution < -0.4 is 10.1 Å². The molecule has 1 aromatic carbocycles. The summed E-state index contributed by atoms with van der Waals surface area (Å²) in [7, 11) is 0. The molecule has 4 heteroatoms. The van der Waals surface area contributed by atoms with Crippen LogP contribution in [0, 0.1) is 0 Å². The average Bonchev–Trinajstić information content (AvgIpc) is 2.39. The first-order chi connectivity index (χ1) is 8.79. The fraction of sp³-hybridized carbons (Fsp3) is 0.214. The van der Waals surface area contributed by atoms with Gasteiger partial charge in [0.2, 0.25) is 0 Å². The molecule has 0 saturated carbocycles. The van der Waals surface area contributed by atoms with E-state index < -0.39 is 0 Å². The van der Waals surface area contributed by atoms with E-state index in [4.69, 9.17) is 4.74 Å². The molecule has 1 N–H and O–H groups in total. The van der Waals surface area contributed by atoms with Gasteiger partial charge in [0, 0.05) is 6.54 Å². The predicted molar refractivity (Wildman–Crippen MR) is 76.9 cm³/mol. The Morgan fingerprint density at radius 1 is 1.17 bits per heavy atom. The Morgan fingerprint density at radius 3 is 2.78 bits per heavy atom. The average molecular weight is 307 g/mol. The maximum atomic E-state index is 5.72. The number of nitrogens with zero attached hydrogens (tertiary/aromatic N) is 1. The van der Waals surface area contributed by atoms with Crippen molar-refractivity contribution in [3.05, 3.63) is 52.6 Å². The van der Waals surface area contributed by atoms with Crippen LogP contribution in [0.4, 0.5) is 5.82 Å². The summed E-state index contributed by atoms with van der Waals surface area (Å²) in [4.78, 5) is 4.46. The first-order valence-corrected chi connectivity index (χ1v) is 6.66. The highest BCUT2D eigenvalue weighted by molar-refractivity contribution is 9.10.